The van der Waals surface area contributed by atoms with Crippen LogP contribution in [-0.4, -0.2) is 35.2 Å². The third-order valence-corrected chi connectivity index (χ3v) is 4.47. The van der Waals surface area contributed by atoms with E-state index in [9.17, 15) is 9.59 Å². The monoisotopic (exact) mass is 373 g/mol. The first kappa shape index (κ1) is 17.9. The van der Waals surface area contributed by atoms with Crippen molar-refractivity contribution < 1.29 is 14.3 Å². The SMILES string of the molecule is CCOc1ccc(OCCNC(=O)Cn2cnc3ccsc3c2=O)cc1. The number of fused-ring (bicyclic) bond motifs is 1. The minimum Gasteiger partial charge on any atom is -0.494 e. The van der Waals surface area contributed by atoms with E-state index in [4.69, 9.17) is 9.47 Å². The van der Waals surface area contributed by atoms with Crippen molar-refractivity contribution in [1.29, 1.82) is 0 Å². The number of benzene rings is 1. The lowest BCUT2D eigenvalue weighted by Crippen LogP contribution is -2.34. The molecule has 0 radical (unpaired) electrons. The molecule has 0 aliphatic rings. The summed E-state index contributed by atoms with van der Waals surface area (Å²) in [4.78, 5) is 28.4. The molecule has 0 fully saturated rings. The normalized spacial score (nSPS) is 10.7. The molecule has 0 aliphatic carbocycles. The first-order valence-corrected chi connectivity index (χ1v) is 9.10. The van der Waals surface area contributed by atoms with Gasteiger partial charge in [0.05, 0.1) is 25.0 Å². The molecule has 0 saturated carbocycles. The van der Waals surface area contributed by atoms with E-state index < -0.39 is 0 Å². The number of carbonyl (C=O) groups is 1. The standard InChI is InChI=1S/C18H19N3O4S/c1-2-24-13-3-5-14(6-4-13)25-9-8-19-16(22)11-21-12-20-15-7-10-26-17(15)18(21)23/h3-7,10,12H,2,8-9,11H2,1H3,(H,19,22). The molecule has 0 bridgehead atoms. The van der Waals surface area contributed by atoms with Gasteiger partial charge in [-0.25, -0.2) is 4.98 Å². The number of amides is 1. The molecular weight excluding hydrogens is 354 g/mol. The van der Waals surface area contributed by atoms with E-state index in [2.05, 4.69) is 10.3 Å². The number of rotatable bonds is 8. The van der Waals surface area contributed by atoms with Crippen LogP contribution in [0.1, 0.15) is 6.92 Å². The first-order chi connectivity index (χ1) is 12.7. The molecule has 7 nitrogen and oxygen atoms in total. The van der Waals surface area contributed by atoms with Gasteiger partial charge < -0.3 is 14.8 Å². The van der Waals surface area contributed by atoms with Gasteiger partial charge in [-0.1, -0.05) is 0 Å². The molecule has 8 heteroatoms. The summed E-state index contributed by atoms with van der Waals surface area (Å²) in [7, 11) is 0. The maximum Gasteiger partial charge on any atom is 0.271 e. The van der Waals surface area contributed by atoms with E-state index >= 15 is 0 Å². The summed E-state index contributed by atoms with van der Waals surface area (Å²) in [5.41, 5.74) is 0.450. The van der Waals surface area contributed by atoms with Gasteiger partial charge in [-0.3, -0.25) is 14.2 Å². The van der Waals surface area contributed by atoms with Gasteiger partial charge in [0, 0.05) is 0 Å². The smallest absolute Gasteiger partial charge is 0.271 e. The molecule has 3 rings (SSSR count). The Kier molecular flexibility index (Phi) is 5.85. The summed E-state index contributed by atoms with van der Waals surface area (Å²) in [6.07, 6.45) is 1.40. The summed E-state index contributed by atoms with van der Waals surface area (Å²) >= 11 is 1.32. The average Bonchev–Trinajstić information content (AvgIpc) is 3.12. The van der Waals surface area contributed by atoms with Gasteiger partial charge in [-0.15, -0.1) is 11.3 Å². The number of nitrogens with zero attached hydrogens (tertiary/aromatic N) is 2. The molecule has 136 valence electrons. The van der Waals surface area contributed by atoms with E-state index in [1.807, 2.05) is 36.6 Å². The Morgan fingerprint density at radius 2 is 1.92 bits per heavy atom. The van der Waals surface area contributed by atoms with Crippen molar-refractivity contribution in [1.82, 2.24) is 14.9 Å². The van der Waals surface area contributed by atoms with Crippen LogP contribution in [0.5, 0.6) is 11.5 Å². The van der Waals surface area contributed by atoms with Crippen LogP contribution in [0, 0.1) is 0 Å². The number of hydrogen-bond donors (Lipinski definition) is 1. The molecule has 2 aromatic heterocycles. The van der Waals surface area contributed by atoms with Crippen molar-refractivity contribution in [3.05, 3.63) is 52.4 Å². The van der Waals surface area contributed by atoms with Gasteiger partial charge in [0.2, 0.25) is 5.91 Å². The second kappa shape index (κ2) is 8.48. The van der Waals surface area contributed by atoms with Crippen molar-refractivity contribution in [2.24, 2.45) is 0 Å². The quantitative estimate of drug-likeness (QED) is 0.611. The average molecular weight is 373 g/mol. The fourth-order valence-corrected chi connectivity index (χ4v) is 3.15. The van der Waals surface area contributed by atoms with Gasteiger partial charge >= 0.3 is 0 Å². The minimum atomic E-state index is -0.264. The molecular formula is C18H19N3O4S. The Balaban J connectivity index is 1.45. The lowest BCUT2D eigenvalue weighted by Gasteiger charge is -2.09. The zero-order valence-electron chi connectivity index (χ0n) is 14.3. The summed E-state index contributed by atoms with van der Waals surface area (Å²) in [5.74, 6) is 1.22. The molecule has 1 aromatic carbocycles. The van der Waals surface area contributed by atoms with E-state index in [1.165, 1.54) is 22.2 Å². The number of hydrogen-bond acceptors (Lipinski definition) is 6. The summed E-state index contributed by atoms with van der Waals surface area (Å²) in [6, 6.07) is 9.07. The highest BCUT2D eigenvalue weighted by Gasteiger charge is 2.08. The van der Waals surface area contributed by atoms with Crippen LogP contribution >= 0.6 is 11.3 Å². The summed E-state index contributed by atoms with van der Waals surface area (Å²) < 4.78 is 12.8. The Bertz CT molecular complexity index is 934. The maximum absolute atomic E-state index is 12.2. The Morgan fingerprint density at radius 3 is 2.65 bits per heavy atom. The highest BCUT2D eigenvalue weighted by Crippen LogP contribution is 2.17. The van der Waals surface area contributed by atoms with E-state index in [1.54, 1.807) is 6.07 Å². The van der Waals surface area contributed by atoms with Gasteiger partial charge in [-0.05, 0) is 42.6 Å². The van der Waals surface area contributed by atoms with Crippen molar-refractivity contribution >= 4 is 27.5 Å². The molecule has 0 unspecified atom stereocenters. The van der Waals surface area contributed by atoms with Crippen molar-refractivity contribution in [3.63, 3.8) is 0 Å². The van der Waals surface area contributed by atoms with Crippen LogP contribution < -0.4 is 20.3 Å². The third kappa shape index (κ3) is 4.40. The van der Waals surface area contributed by atoms with Crippen LogP contribution in [0.2, 0.25) is 0 Å². The van der Waals surface area contributed by atoms with Gasteiger partial charge in [0.25, 0.3) is 5.56 Å². The minimum absolute atomic E-state index is 0.0667. The number of nitrogens with one attached hydrogen (secondary N) is 1. The molecule has 1 amide bonds. The van der Waals surface area contributed by atoms with E-state index in [0.717, 1.165) is 5.75 Å². The Hall–Kier alpha value is -2.87. The van der Waals surface area contributed by atoms with Crippen LogP contribution in [0.4, 0.5) is 0 Å². The van der Waals surface area contributed by atoms with E-state index in [0.29, 0.717) is 35.7 Å². The van der Waals surface area contributed by atoms with Crippen molar-refractivity contribution in [2.75, 3.05) is 19.8 Å². The Morgan fingerprint density at radius 1 is 1.19 bits per heavy atom. The van der Waals surface area contributed by atoms with Crippen LogP contribution in [-0.2, 0) is 11.3 Å². The molecule has 0 atom stereocenters. The van der Waals surface area contributed by atoms with Crippen LogP contribution in [0.3, 0.4) is 0 Å². The molecule has 26 heavy (non-hydrogen) atoms. The molecule has 3 aromatic rings. The first-order valence-electron chi connectivity index (χ1n) is 8.22. The second-order valence-corrected chi connectivity index (χ2v) is 6.33. The molecule has 2 heterocycles. The predicted octanol–water partition coefficient (Wildman–Crippen LogP) is 2.05. The lowest BCUT2D eigenvalue weighted by molar-refractivity contribution is -0.121. The lowest BCUT2D eigenvalue weighted by atomic mass is 10.3. The number of carbonyl (C=O) groups excluding carboxylic acids is 1. The third-order valence-electron chi connectivity index (χ3n) is 3.58. The number of ether oxygens (including phenoxy) is 2. The zero-order chi connectivity index (χ0) is 18.4. The van der Waals surface area contributed by atoms with Crippen LogP contribution in [0.25, 0.3) is 10.2 Å². The zero-order valence-corrected chi connectivity index (χ0v) is 15.1. The molecule has 0 spiro atoms. The summed E-state index contributed by atoms with van der Waals surface area (Å²) in [6.45, 7) is 3.15. The number of thiophene rings is 1. The fourth-order valence-electron chi connectivity index (χ4n) is 2.36. The van der Waals surface area contributed by atoms with Crippen molar-refractivity contribution in [3.8, 4) is 11.5 Å². The molecule has 1 N–H and O–H groups in total. The van der Waals surface area contributed by atoms with Gasteiger partial charge in [0.15, 0.2) is 0 Å². The molecule has 0 aliphatic heterocycles. The number of aromatic nitrogens is 2. The maximum atomic E-state index is 12.2. The van der Waals surface area contributed by atoms with Gasteiger partial charge in [-0.2, -0.15) is 0 Å². The largest absolute Gasteiger partial charge is 0.494 e. The highest BCUT2D eigenvalue weighted by molar-refractivity contribution is 7.17. The predicted molar refractivity (Wildman–Crippen MR) is 100.0 cm³/mol. The van der Waals surface area contributed by atoms with Crippen LogP contribution in [0.15, 0.2) is 46.8 Å². The van der Waals surface area contributed by atoms with E-state index in [-0.39, 0.29) is 18.0 Å². The van der Waals surface area contributed by atoms with Crippen molar-refractivity contribution in [2.45, 2.75) is 13.5 Å². The topological polar surface area (TPSA) is 82.4 Å². The summed E-state index contributed by atoms with van der Waals surface area (Å²) in [5, 5.41) is 4.54. The Labute approximate surface area is 154 Å². The molecule has 0 saturated heterocycles. The highest BCUT2D eigenvalue weighted by atomic mass is 32.1. The van der Waals surface area contributed by atoms with Gasteiger partial charge in [0.1, 0.15) is 29.4 Å². The second-order valence-electron chi connectivity index (χ2n) is 5.42. The fraction of sp³-hybridized carbons (Fsp3) is 0.278.